The molecule has 2 unspecified atom stereocenters. The summed E-state index contributed by atoms with van der Waals surface area (Å²) in [5.74, 6) is 0.178. The van der Waals surface area contributed by atoms with Crippen LogP contribution in [0, 0.1) is 6.92 Å². The highest BCUT2D eigenvalue weighted by Gasteiger charge is 2.22. The molecule has 116 valence electrons. The number of carbonyl (C=O) groups excluding carboxylic acids is 1. The standard InChI is InChI=1S/C17H26N2O2/c1-13-4-6-15(7-5-13)10-14(2)19(3)17(20)11-16-12-21-9-8-18-16/h4-7,14,16,18H,8-12H2,1-3H3. The van der Waals surface area contributed by atoms with Gasteiger partial charge in [-0.1, -0.05) is 29.8 Å². The van der Waals surface area contributed by atoms with Crippen molar-refractivity contribution in [3.8, 4) is 0 Å². The second-order valence-corrected chi connectivity index (χ2v) is 5.97. The average molecular weight is 290 g/mol. The molecule has 0 saturated carbocycles. The van der Waals surface area contributed by atoms with E-state index in [0.717, 1.165) is 19.6 Å². The molecule has 0 spiro atoms. The number of ether oxygens (including phenoxy) is 1. The molecule has 4 heteroatoms. The van der Waals surface area contributed by atoms with E-state index in [1.54, 1.807) is 0 Å². The third kappa shape index (κ3) is 4.83. The van der Waals surface area contributed by atoms with Gasteiger partial charge in [-0.2, -0.15) is 0 Å². The summed E-state index contributed by atoms with van der Waals surface area (Å²) in [5, 5.41) is 3.33. The number of hydrogen-bond acceptors (Lipinski definition) is 3. The molecule has 2 rings (SSSR count). The number of rotatable bonds is 5. The number of nitrogens with one attached hydrogen (secondary N) is 1. The van der Waals surface area contributed by atoms with Gasteiger partial charge in [0.1, 0.15) is 0 Å². The van der Waals surface area contributed by atoms with E-state index in [1.165, 1.54) is 11.1 Å². The van der Waals surface area contributed by atoms with Crippen molar-refractivity contribution in [3.63, 3.8) is 0 Å². The first-order valence-electron chi connectivity index (χ1n) is 7.68. The zero-order valence-electron chi connectivity index (χ0n) is 13.3. The SMILES string of the molecule is Cc1ccc(CC(C)N(C)C(=O)CC2COCCN2)cc1. The Kier molecular flexibility index (Phi) is 5.76. The molecule has 0 radical (unpaired) electrons. The van der Waals surface area contributed by atoms with Gasteiger partial charge >= 0.3 is 0 Å². The maximum Gasteiger partial charge on any atom is 0.224 e. The van der Waals surface area contributed by atoms with Crippen molar-refractivity contribution < 1.29 is 9.53 Å². The lowest BCUT2D eigenvalue weighted by Gasteiger charge is -2.29. The van der Waals surface area contributed by atoms with Gasteiger partial charge in [0.05, 0.1) is 13.2 Å². The summed E-state index contributed by atoms with van der Waals surface area (Å²) in [6, 6.07) is 8.87. The zero-order valence-corrected chi connectivity index (χ0v) is 13.3. The fourth-order valence-corrected chi connectivity index (χ4v) is 2.55. The van der Waals surface area contributed by atoms with E-state index in [2.05, 4.69) is 43.4 Å². The molecule has 1 saturated heterocycles. The third-order valence-electron chi connectivity index (χ3n) is 4.13. The molecule has 2 atom stereocenters. The number of nitrogens with zero attached hydrogens (tertiary/aromatic N) is 1. The van der Waals surface area contributed by atoms with Crippen LogP contribution in [0.3, 0.4) is 0 Å². The van der Waals surface area contributed by atoms with Gasteiger partial charge in [0.2, 0.25) is 5.91 Å². The Bertz CT molecular complexity index is 452. The first-order chi connectivity index (χ1) is 10.1. The van der Waals surface area contributed by atoms with Gasteiger partial charge in [0.25, 0.3) is 0 Å². The minimum atomic E-state index is 0.153. The molecule has 1 aromatic carbocycles. The highest BCUT2D eigenvalue weighted by Crippen LogP contribution is 2.11. The highest BCUT2D eigenvalue weighted by molar-refractivity contribution is 5.76. The summed E-state index contributed by atoms with van der Waals surface area (Å²) < 4.78 is 5.40. The highest BCUT2D eigenvalue weighted by atomic mass is 16.5. The van der Waals surface area contributed by atoms with Gasteiger partial charge in [0.15, 0.2) is 0 Å². The number of hydrogen-bond donors (Lipinski definition) is 1. The Morgan fingerprint density at radius 2 is 2.14 bits per heavy atom. The Balaban J connectivity index is 1.84. The van der Waals surface area contributed by atoms with E-state index in [0.29, 0.717) is 13.0 Å². The Morgan fingerprint density at radius 3 is 2.76 bits per heavy atom. The maximum atomic E-state index is 12.3. The molecular weight excluding hydrogens is 264 g/mol. The van der Waals surface area contributed by atoms with E-state index in [1.807, 2.05) is 11.9 Å². The molecule has 1 aliphatic rings. The number of amides is 1. The molecule has 4 nitrogen and oxygen atoms in total. The topological polar surface area (TPSA) is 41.6 Å². The number of likely N-dealkylation sites (N-methyl/N-ethyl adjacent to an activating group) is 1. The van der Waals surface area contributed by atoms with Crippen LogP contribution in [-0.4, -0.2) is 49.7 Å². The van der Waals surface area contributed by atoms with E-state index in [9.17, 15) is 4.79 Å². The summed E-state index contributed by atoms with van der Waals surface area (Å²) >= 11 is 0. The van der Waals surface area contributed by atoms with Gasteiger partial charge in [-0.3, -0.25) is 4.79 Å². The summed E-state index contributed by atoms with van der Waals surface area (Å²) in [4.78, 5) is 14.2. The number of aryl methyl sites for hydroxylation is 1. The molecule has 1 heterocycles. The van der Waals surface area contributed by atoms with E-state index in [-0.39, 0.29) is 18.0 Å². The van der Waals surface area contributed by atoms with Crippen LogP contribution in [0.5, 0.6) is 0 Å². The largest absolute Gasteiger partial charge is 0.378 e. The summed E-state index contributed by atoms with van der Waals surface area (Å²) in [6.07, 6.45) is 1.39. The summed E-state index contributed by atoms with van der Waals surface area (Å²) in [6.45, 7) is 6.39. The Hall–Kier alpha value is -1.39. The number of morpholine rings is 1. The quantitative estimate of drug-likeness (QED) is 0.898. The fourth-order valence-electron chi connectivity index (χ4n) is 2.55. The van der Waals surface area contributed by atoms with Gasteiger partial charge in [-0.15, -0.1) is 0 Å². The van der Waals surface area contributed by atoms with Crippen LogP contribution >= 0.6 is 0 Å². The molecule has 1 aliphatic heterocycles. The van der Waals surface area contributed by atoms with Crippen LogP contribution in [-0.2, 0) is 16.0 Å². The number of carbonyl (C=O) groups is 1. The van der Waals surface area contributed by atoms with Gasteiger partial charge < -0.3 is 15.0 Å². The lowest BCUT2D eigenvalue weighted by Crippen LogP contribution is -2.46. The van der Waals surface area contributed by atoms with Crippen molar-refractivity contribution in [3.05, 3.63) is 35.4 Å². The monoisotopic (exact) mass is 290 g/mol. The molecule has 21 heavy (non-hydrogen) atoms. The van der Waals surface area contributed by atoms with Gasteiger partial charge in [-0.25, -0.2) is 0 Å². The molecular formula is C17H26N2O2. The van der Waals surface area contributed by atoms with E-state index in [4.69, 9.17) is 4.74 Å². The zero-order chi connectivity index (χ0) is 15.2. The second-order valence-electron chi connectivity index (χ2n) is 5.97. The fraction of sp³-hybridized carbons (Fsp3) is 0.588. The molecule has 0 aromatic heterocycles. The van der Waals surface area contributed by atoms with Crippen molar-refractivity contribution in [2.75, 3.05) is 26.8 Å². The molecule has 1 N–H and O–H groups in total. The lowest BCUT2D eigenvalue weighted by molar-refractivity contribution is -0.132. The van der Waals surface area contributed by atoms with Crippen LogP contribution in [0.25, 0.3) is 0 Å². The second kappa shape index (κ2) is 7.57. The third-order valence-corrected chi connectivity index (χ3v) is 4.13. The average Bonchev–Trinajstić information content (AvgIpc) is 2.49. The minimum absolute atomic E-state index is 0.153. The molecule has 1 amide bonds. The molecule has 0 bridgehead atoms. The van der Waals surface area contributed by atoms with Crippen LogP contribution in [0.15, 0.2) is 24.3 Å². The van der Waals surface area contributed by atoms with Crippen LogP contribution < -0.4 is 5.32 Å². The van der Waals surface area contributed by atoms with Crippen molar-refractivity contribution in [1.82, 2.24) is 10.2 Å². The van der Waals surface area contributed by atoms with Crippen LogP contribution in [0.1, 0.15) is 24.5 Å². The van der Waals surface area contributed by atoms with Crippen molar-refractivity contribution in [2.24, 2.45) is 0 Å². The van der Waals surface area contributed by atoms with Crippen LogP contribution in [0.4, 0.5) is 0 Å². The normalized spacial score (nSPS) is 20.0. The predicted molar refractivity (Wildman–Crippen MR) is 84.3 cm³/mol. The van der Waals surface area contributed by atoms with E-state index < -0.39 is 0 Å². The van der Waals surface area contributed by atoms with Gasteiger partial charge in [-0.05, 0) is 25.8 Å². The van der Waals surface area contributed by atoms with Gasteiger partial charge in [0, 0.05) is 32.1 Å². The predicted octanol–water partition coefficient (Wildman–Crippen LogP) is 1.76. The smallest absolute Gasteiger partial charge is 0.224 e. The molecule has 0 aliphatic carbocycles. The van der Waals surface area contributed by atoms with Crippen molar-refractivity contribution in [1.29, 1.82) is 0 Å². The lowest BCUT2D eigenvalue weighted by atomic mass is 10.0. The maximum absolute atomic E-state index is 12.3. The first-order valence-corrected chi connectivity index (χ1v) is 7.68. The van der Waals surface area contributed by atoms with E-state index >= 15 is 0 Å². The molecule has 1 fully saturated rings. The van der Waals surface area contributed by atoms with Crippen molar-refractivity contribution in [2.45, 2.75) is 38.8 Å². The van der Waals surface area contributed by atoms with Crippen molar-refractivity contribution >= 4 is 5.91 Å². The Labute approximate surface area is 127 Å². The minimum Gasteiger partial charge on any atom is -0.378 e. The summed E-state index contributed by atoms with van der Waals surface area (Å²) in [7, 11) is 1.89. The summed E-state index contributed by atoms with van der Waals surface area (Å²) in [5.41, 5.74) is 2.53. The Morgan fingerprint density at radius 1 is 1.43 bits per heavy atom. The van der Waals surface area contributed by atoms with Crippen LogP contribution in [0.2, 0.25) is 0 Å². The first kappa shape index (κ1) is 16.0. The molecule has 1 aromatic rings. The number of benzene rings is 1.